The van der Waals surface area contributed by atoms with Crippen LogP contribution in [0.5, 0.6) is 0 Å². The molecule has 1 heterocycles. The number of carbonyl (C=O) groups is 1. The number of rotatable bonds is 5. The summed E-state index contributed by atoms with van der Waals surface area (Å²) in [7, 11) is 1.95. The Morgan fingerprint density at radius 3 is 2.44 bits per heavy atom. The Bertz CT molecular complexity index is 401. The topological polar surface area (TPSA) is 46.9 Å². The maximum absolute atomic E-state index is 12.3. The van der Waals surface area contributed by atoms with Crippen molar-refractivity contribution in [1.29, 1.82) is 0 Å². The molecule has 0 aromatic carbocycles. The van der Waals surface area contributed by atoms with Gasteiger partial charge in [-0.1, -0.05) is 13.8 Å². The van der Waals surface area contributed by atoms with Crippen molar-refractivity contribution in [2.24, 2.45) is 13.0 Å². The molecule has 4 heteroatoms. The molecule has 18 heavy (non-hydrogen) atoms. The first-order valence-corrected chi connectivity index (χ1v) is 6.47. The van der Waals surface area contributed by atoms with Gasteiger partial charge in [-0.25, -0.2) is 4.98 Å². The maximum Gasteiger partial charge on any atom is 0.152 e. The molecule has 0 unspecified atom stereocenters. The lowest BCUT2D eigenvalue weighted by atomic mass is 9.95. The highest BCUT2D eigenvalue weighted by Gasteiger charge is 2.26. The molecule has 1 rings (SSSR count). The monoisotopic (exact) mass is 251 g/mol. The second-order valence-corrected chi connectivity index (χ2v) is 6.20. The number of hydrogen-bond donors (Lipinski definition) is 1. The zero-order valence-corrected chi connectivity index (χ0v) is 12.3. The van der Waals surface area contributed by atoms with Crippen molar-refractivity contribution in [3.8, 4) is 0 Å². The molecular formula is C14H25N3O. The lowest BCUT2D eigenvalue weighted by Crippen LogP contribution is -2.50. The van der Waals surface area contributed by atoms with Gasteiger partial charge in [0, 0.05) is 36.8 Å². The zero-order chi connectivity index (χ0) is 13.9. The van der Waals surface area contributed by atoms with E-state index in [9.17, 15) is 4.79 Å². The summed E-state index contributed by atoms with van der Waals surface area (Å²) >= 11 is 0. The number of aryl methyl sites for hydroxylation is 1. The molecule has 0 aliphatic carbocycles. The van der Waals surface area contributed by atoms with Gasteiger partial charge in [0.25, 0.3) is 0 Å². The number of hydrogen-bond acceptors (Lipinski definition) is 3. The number of aromatic nitrogens is 2. The van der Waals surface area contributed by atoms with E-state index in [0.717, 1.165) is 5.69 Å². The average Bonchev–Trinajstić information content (AvgIpc) is 2.60. The normalized spacial score (nSPS) is 13.9. The summed E-state index contributed by atoms with van der Waals surface area (Å²) in [6.07, 6.45) is 4.28. The van der Waals surface area contributed by atoms with Gasteiger partial charge in [-0.05, 0) is 20.8 Å². The van der Waals surface area contributed by atoms with Gasteiger partial charge < -0.3 is 9.88 Å². The molecule has 0 saturated heterocycles. The Kier molecular flexibility index (Phi) is 4.68. The molecule has 0 aliphatic rings. The van der Waals surface area contributed by atoms with E-state index in [-0.39, 0.29) is 23.3 Å². The van der Waals surface area contributed by atoms with Crippen LogP contribution in [0.1, 0.15) is 40.3 Å². The van der Waals surface area contributed by atoms with E-state index in [2.05, 4.69) is 31.1 Å². The summed E-state index contributed by atoms with van der Waals surface area (Å²) in [4.78, 5) is 16.4. The predicted molar refractivity (Wildman–Crippen MR) is 73.4 cm³/mol. The molecule has 1 aromatic rings. The van der Waals surface area contributed by atoms with Crippen molar-refractivity contribution in [3.63, 3.8) is 0 Å². The van der Waals surface area contributed by atoms with Crippen LogP contribution >= 0.6 is 0 Å². The van der Waals surface area contributed by atoms with E-state index in [0.29, 0.717) is 6.42 Å². The highest BCUT2D eigenvalue weighted by Crippen LogP contribution is 2.11. The Morgan fingerprint density at radius 2 is 2.06 bits per heavy atom. The van der Waals surface area contributed by atoms with Gasteiger partial charge >= 0.3 is 0 Å². The molecule has 0 aliphatic heterocycles. The number of imidazole rings is 1. The van der Waals surface area contributed by atoms with Gasteiger partial charge in [0.1, 0.15) is 0 Å². The molecule has 0 spiro atoms. The standard InChI is InChI=1S/C14H25N3O/c1-10(2)13(18)12(16-14(3,4)5)7-11-8-15-9-17(11)6/h8-10,12,16H,7H2,1-6H3/t12-/m0/s1. The second kappa shape index (κ2) is 5.65. The van der Waals surface area contributed by atoms with Crippen molar-refractivity contribution >= 4 is 5.78 Å². The zero-order valence-electron chi connectivity index (χ0n) is 12.3. The van der Waals surface area contributed by atoms with Crippen molar-refractivity contribution in [1.82, 2.24) is 14.9 Å². The highest BCUT2D eigenvalue weighted by atomic mass is 16.1. The average molecular weight is 251 g/mol. The van der Waals surface area contributed by atoms with Crippen LogP contribution in [-0.4, -0.2) is 26.9 Å². The van der Waals surface area contributed by atoms with Gasteiger partial charge in [-0.15, -0.1) is 0 Å². The van der Waals surface area contributed by atoms with Crippen LogP contribution in [0.25, 0.3) is 0 Å². The smallest absolute Gasteiger partial charge is 0.152 e. The van der Waals surface area contributed by atoms with Crippen LogP contribution in [0, 0.1) is 5.92 Å². The third-order valence-corrected chi connectivity index (χ3v) is 2.85. The predicted octanol–water partition coefficient (Wildman–Crippen LogP) is 1.94. The lowest BCUT2D eigenvalue weighted by molar-refractivity contribution is -0.124. The molecule has 0 amide bonds. The van der Waals surface area contributed by atoms with Crippen LogP contribution in [0.3, 0.4) is 0 Å². The first-order chi connectivity index (χ1) is 8.20. The van der Waals surface area contributed by atoms with Crippen LogP contribution in [0.2, 0.25) is 0 Å². The van der Waals surface area contributed by atoms with E-state index in [1.165, 1.54) is 0 Å². The quantitative estimate of drug-likeness (QED) is 0.870. The molecule has 0 bridgehead atoms. The van der Waals surface area contributed by atoms with Gasteiger partial charge in [0.2, 0.25) is 0 Å². The molecule has 4 nitrogen and oxygen atoms in total. The number of nitrogens with zero attached hydrogens (tertiary/aromatic N) is 2. The lowest BCUT2D eigenvalue weighted by Gasteiger charge is -2.28. The Labute approximate surface area is 110 Å². The summed E-state index contributed by atoms with van der Waals surface area (Å²) in [5.74, 6) is 0.296. The van der Waals surface area contributed by atoms with Crippen molar-refractivity contribution in [2.75, 3.05) is 0 Å². The number of nitrogens with one attached hydrogen (secondary N) is 1. The molecule has 1 atom stereocenters. The van der Waals surface area contributed by atoms with Crippen LogP contribution in [-0.2, 0) is 18.3 Å². The number of carbonyl (C=O) groups excluding carboxylic acids is 1. The summed E-state index contributed by atoms with van der Waals surface area (Å²) in [6.45, 7) is 10.1. The van der Waals surface area contributed by atoms with Crippen molar-refractivity contribution in [3.05, 3.63) is 18.2 Å². The van der Waals surface area contributed by atoms with E-state index < -0.39 is 0 Å². The van der Waals surface area contributed by atoms with Crippen LogP contribution in [0.4, 0.5) is 0 Å². The van der Waals surface area contributed by atoms with Gasteiger partial charge in [0.15, 0.2) is 5.78 Å². The SMILES string of the molecule is CC(C)C(=O)[C@H](Cc1cncn1C)NC(C)(C)C. The minimum absolute atomic E-state index is 0.0399. The second-order valence-electron chi connectivity index (χ2n) is 6.20. The van der Waals surface area contributed by atoms with Crippen LogP contribution < -0.4 is 5.32 Å². The van der Waals surface area contributed by atoms with Crippen LogP contribution in [0.15, 0.2) is 12.5 Å². The molecule has 0 saturated carbocycles. The van der Waals surface area contributed by atoms with Gasteiger partial charge in [0.05, 0.1) is 12.4 Å². The molecule has 1 aromatic heterocycles. The van der Waals surface area contributed by atoms with Crippen molar-refractivity contribution in [2.45, 2.75) is 52.6 Å². The molecule has 102 valence electrons. The molecule has 1 N–H and O–H groups in total. The minimum atomic E-state index is -0.152. The van der Waals surface area contributed by atoms with E-state index in [4.69, 9.17) is 0 Å². The minimum Gasteiger partial charge on any atom is -0.338 e. The molecule has 0 radical (unpaired) electrons. The third-order valence-electron chi connectivity index (χ3n) is 2.85. The molecule has 0 fully saturated rings. The van der Waals surface area contributed by atoms with E-state index in [1.807, 2.05) is 31.7 Å². The largest absolute Gasteiger partial charge is 0.338 e. The Balaban J connectivity index is 2.85. The summed E-state index contributed by atoms with van der Waals surface area (Å²) in [5, 5.41) is 3.41. The van der Waals surface area contributed by atoms with E-state index >= 15 is 0 Å². The van der Waals surface area contributed by atoms with Crippen molar-refractivity contribution < 1.29 is 4.79 Å². The fraction of sp³-hybridized carbons (Fsp3) is 0.714. The first-order valence-electron chi connectivity index (χ1n) is 6.47. The Hall–Kier alpha value is -1.16. The third kappa shape index (κ3) is 4.26. The first kappa shape index (κ1) is 14.9. The summed E-state index contributed by atoms with van der Waals surface area (Å²) in [5.41, 5.74) is 0.999. The molecular weight excluding hydrogens is 226 g/mol. The highest BCUT2D eigenvalue weighted by molar-refractivity contribution is 5.86. The Morgan fingerprint density at radius 1 is 1.44 bits per heavy atom. The van der Waals surface area contributed by atoms with E-state index in [1.54, 1.807) is 6.33 Å². The van der Waals surface area contributed by atoms with Gasteiger partial charge in [-0.3, -0.25) is 4.79 Å². The number of ketones is 1. The summed E-state index contributed by atoms with van der Waals surface area (Å²) < 4.78 is 1.96. The van der Waals surface area contributed by atoms with Gasteiger partial charge in [-0.2, -0.15) is 0 Å². The fourth-order valence-electron chi connectivity index (χ4n) is 1.94. The number of Topliss-reactive ketones (excluding diaryl/α,β-unsaturated/α-hetero) is 1. The maximum atomic E-state index is 12.3. The summed E-state index contributed by atoms with van der Waals surface area (Å²) in [6, 6.07) is -0.152. The fourth-order valence-corrected chi connectivity index (χ4v) is 1.94.